The minimum atomic E-state index is 0.488. The fourth-order valence-electron chi connectivity index (χ4n) is 1.89. The van der Waals surface area contributed by atoms with Gasteiger partial charge in [0.25, 0.3) is 0 Å². The second-order valence-electron chi connectivity index (χ2n) is 4.35. The number of aromatic nitrogens is 1. The number of benzene rings is 1. The van der Waals surface area contributed by atoms with Gasteiger partial charge in [-0.2, -0.15) is 12.6 Å². The molecule has 0 saturated heterocycles. The summed E-state index contributed by atoms with van der Waals surface area (Å²) >= 11 is 6.05. The van der Waals surface area contributed by atoms with E-state index in [4.69, 9.17) is 9.47 Å². The van der Waals surface area contributed by atoms with Crippen LogP contribution in [0.25, 0.3) is 0 Å². The Kier molecular flexibility index (Phi) is 5.73. The van der Waals surface area contributed by atoms with Crippen LogP contribution in [0.5, 0.6) is 11.5 Å². The van der Waals surface area contributed by atoms with E-state index >= 15 is 0 Å². The molecular weight excluding hydrogens is 290 g/mol. The zero-order valence-electron chi connectivity index (χ0n) is 11.8. The third kappa shape index (κ3) is 3.90. The Morgan fingerprint density at radius 2 is 2.10 bits per heavy atom. The van der Waals surface area contributed by atoms with Gasteiger partial charge in [-0.15, -0.1) is 11.3 Å². The van der Waals surface area contributed by atoms with E-state index in [0.29, 0.717) is 6.61 Å². The van der Waals surface area contributed by atoms with Crippen molar-refractivity contribution < 1.29 is 9.47 Å². The molecule has 5 heteroatoms. The molecular formula is C15H19NO2S2. The molecule has 2 aromatic rings. The molecule has 0 aliphatic rings. The number of thiazole rings is 1. The molecule has 20 heavy (non-hydrogen) atoms. The number of nitrogens with zero attached hydrogens (tertiary/aromatic N) is 1. The molecule has 2 rings (SSSR count). The van der Waals surface area contributed by atoms with Gasteiger partial charge in [0.15, 0.2) is 0 Å². The largest absolute Gasteiger partial charge is 0.497 e. The molecule has 108 valence electrons. The summed E-state index contributed by atoms with van der Waals surface area (Å²) in [6, 6.07) is 7.61. The Morgan fingerprint density at radius 1 is 1.30 bits per heavy atom. The number of rotatable bonds is 7. The lowest BCUT2D eigenvalue weighted by atomic mass is 10.2. The molecule has 0 spiro atoms. The van der Waals surface area contributed by atoms with Crippen LogP contribution in [0.4, 0.5) is 0 Å². The highest BCUT2D eigenvalue weighted by Crippen LogP contribution is 2.24. The van der Waals surface area contributed by atoms with Crippen molar-refractivity contribution in [1.29, 1.82) is 0 Å². The third-order valence-corrected chi connectivity index (χ3v) is 4.46. The van der Waals surface area contributed by atoms with Crippen molar-refractivity contribution >= 4 is 24.0 Å². The predicted molar refractivity (Wildman–Crippen MR) is 86.1 cm³/mol. The van der Waals surface area contributed by atoms with Crippen molar-refractivity contribution in [3.05, 3.63) is 39.8 Å². The van der Waals surface area contributed by atoms with E-state index in [1.165, 1.54) is 4.88 Å². The van der Waals surface area contributed by atoms with Gasteiger partial charge in [0, 0.05) is 16.7 Å². The number of thiol groups is 1. The standard InChI is InChI=1S/C15H19NO2S2/c1-3-5-13-14(10-19)20-15(16-13)9-18-12-7-4-6-11(8-12)17-2/h4,6-8,19H,3,5,9-10H2,1-2H3. The molecule has 0 radical (unpaired) electrons. The minimum absolute atomic E-state index is 0.488. The van der Waals surface area contributed by atoms with Crippen LogP contribution in [-0.4, -0.2) is 12.1 Å². The molecule has 0 amide bonds. The average molecular weight is 309 g/mol. The van der Waals surface area contributed by atoms with Crippen molar-refractivity contribution in [3.63, 3.8) is 0 Å². The summed E-state index contributed by atoms with van der Waals surface area (Å²) < 4.78 is 10.9. The van der Waals surface area contributed by atoms with Gasteiger partial charge in [0.1, 0.15) is 23.1 Å². The van der Waals surface area contributed by atoms with Crippen LogP contribution in [-0.2, 0) is 18.8 Å². The van der Waals surface area contributed by atoms with Crippen molar-refractivity contribution in [2.75, 3.05) is 7.11 Å². The van der Waals surface area contributed by atoms with Crippen molar-refractivity contribution in [2.45, 2.75) is 32.1 Å². The SMILES string of the molecule is CCCc1nc(COc2cccc(OC)c2)sc1CS. The van der Waals surface area contributed by atoms with Crippen LogP contribution in [0.2, 0.25) is 0 Å². The zero-order chi connectivity index (χ0) is 14.4. The molecule has 0 aliphatic heterocycles. The summed E-state index contributed by atoms with van der Waals surface area (Å²) in [5.41, 5.74) is 1.16. The van der Waals surface area contributed by atoms with Crippen LogP contribution in [0.15, 0.2) is 24.3 Å². The Hall–Kier alpha value is -1.20. The van der Waals surface area contributed by atoms with E-state index in [1.54, 1.807) is 18.4 Å². The van der Waals surface area contributed by atoms with Gasteiger partial charge in [-0.1, -0.05) is 19.4 Å². The van der Waals surface area contributed by atoms with Crippen molar-refractivity contribution in [1.82, 2.24) is 4.98 Å². The number of hydrogen-bond acceptors (Lipinski definition) is 5. The minimum Gasteiger partial charge on any atom is -0.497 e. The maximum Gasteiger partial charge on any atom is 0.140 e. The molecule has 0 atom stereocenters. The van der Waals surface area contributed by atoms with E-state index in [0.717, 1.165) is 40.8 Å². The quantitative estimate of drug-likeness (QED) is 0.781. The van der Waals surface area contributed by atoms with E-state index in [9.17, 15) is 0 Å². The highest BCUT2D eigenvalue weighted by Gasteiger charge is 2.10. The molecule has 1 aromatic heterocycles. The normalized spacial score (nSPS) is 10.6. The average Bonchev–Trinajstić information content (AvgIpc) is 2.88. The molecule has 0 aliphatic carbocycles. The number of methoxy groups -OCH3 is 1. The maximum absolute atomic E-state index is 5.77. The summed E-state index contributed by atoms with van der Waals surface area (Å²) in [6.45, 7) is 2.65. The van der Waals surface area contributed by atoms with Crippen LogP contribution in [0.3, 0.4) is 0 Å². The molecule has 0 fully saturated rings. The van der Waals surface area contributed by atoms with E-state index < -0.39 is 0 Å². The monoisotopic (exact) mass is 309 g/mol. The first-order valence-corrected chi connectivity index (χ1v) is 8.06. The van der Waals surface area contributed by atoms with E-state index in [1.807, 2.05) is 24.3 Å². The maximum atomic E-state index is 5.77. The summed E-state index contributed by atoms with van der Waals surface area (Å²) in [7, 11) is 1.65. The van der Waals surface area contributed by atoms with Crippen LogP contribution >= 0.6 is 24.0 Å². The number of hydrogen-bond donors (Lipinski definition) is 1. The topological polar surface area (TPSA) is 31.4 Å². The Bertz CT molecular complexity index is 555. The Labute approximate surface area is 129 Å². The third-order valence-electron chi connectivity index (χ3n) is 2.86. The lowest BCUT2D eigenvalue weighted by molar-refractivity contribution is 0.303. The first-order valence-electron chi connectivity index (χ1n) is 6.62. The van der Waals surface area contributed by atoms with Gasteiger partial charge in [0.05, 0.1) is 12.8 Å². The summed E-state index contributed by atoms with van der Waals surface area (Å²) in [5.74, 6) is 2.33. The fraction of sp³-hybridized carbons (Fsp3) is 0.400. The first-order chi connectivity index (χ1) is 9.76. The highest BCUT2D eigenvalue weighted by molar-refractivity contribution is 7.79. The Balaban J connectivity index is 2.02. The summed E-state index contributed by atoms with van der Waals surface area (Å²) in [5, 5.41) is 1.00. The first kappa shape index (κ1) is 15.2. The lowest BCUT2D eigenvalue weighted by Crippen LogP contribution is -1.96. The zero-order valence-corrected chi connectivity index (χ0v) is 13.5. The molecule has 1 heterocycles. The summed E-state index contributed by atoms with van der Waals surface area (Å²) in [6.07, 6.45) is 2.10. The Morgan fingerprint density at radius 3 is 2.80 bits per heavy atom. The second-order valence-corrected chi connectivity index (χ2v) is 5.84. The highest BCUT2D eigenvalue weighted by atomic mass is 32.1. The van der Waals surface area contributed by atoms with Crippen LogP contribution in [0.1, 0.15) is 28.9 Å². The van der Waals surface area contributed by atoms with E-state index in [-0.39, 0.29) is 0 Å². The van der Waals surface area contributed by atoms with Gasteiger partial charge >= 0.3 is 0 Å². The summed E-state index contributed by atoms with van der Waals surface area (Å²) in [4.78, 5) is 5.89. The smallest absolute Gasteiger partial charge is 0.140 e. The van der Waals surface area contributed by atoms with Crippen LogP contribution < -0.4 is 9.47 Å². The van der Waals surface area contributed by atoms with Gasteiger partial charge in [-0.25, -0.2) is 4.98 Å². The van der Waals surface area contributed by atoms with Crippen LogP contribution in [0, 0.1) is 0 Å². The van der Waals surface area contributed by atoms with Gasteiger partial charge in [0.2, 0.25) is 0 Å². The van der Waals surface area contributed by atoms with Crippen molar-refractivity contribution in [2.24, 2.45) is 0 Å². The van der Waals surface area contributed by atoms with E-state index in [2.05, 4.69) is 24.5 Å². The van der Waals surface area contributed by atoms with Gasteiger partial charge < -0.3 is 9.47 Å². The lowest BCUT2D eigenvalue weighted by Gasteiger charge is -2.05. The number of aryl methyl sites for hydroxylation is 1. The molecule has 3 nitrogen and oxygen atoms in total. The van der Waals surface area contributed by atoms with Crippen molar-refractivity contribution in [3.8, 4) is 11.5 Å². The molecule has 0 saturated carbocycles. The molecule has 0 N–H and O–H groups in total. The fourth-order valence-corrected chi connectivity index (χ4v) is 3.15. The second kappa shape index (κ2) is 7.55. The molecule has 0 bridgehead atoms. The number of ether oxygens (including phenoxy) is 2. The van der Waals surface area contributed by atoms with Gasteiger partial charge in [-0.3, -0.25) is 0 Å². The molecule has 0 unspecified atom stereocenters. The molecule has 1 aromatic carbocycles. The van der Waals surface area contributed by atoms with Gasteiger partial charge in [-0.05, 0) is 18.6 Å². The predicted octanol–water partition coefficient (Wildman–Crippen LogP) is 4.11.